The molecule has 0 saturated heterocycles. The van der Waals surface area contributed by atoms with Crippen molar-refractivity contribution in [3.8, 4) is 0 Å². The zero-order chi connectivity index (χ0) is 11.4. The molecule has 1 aromatic rings. The summed E-state index contributed by atoms with van der Waals surface area (Å²) >= 11 is 0. The Morgan fingerprint density at radius 2 is 2.25 bits per heavy atom. The molecule has 0 aromatic carbocycles. The number of hydrogen-bond acceptors (Lipinski definition) is 4. The number of aliphatic hydroxyl groups is 2. The Labute approximate surface area is 95.1 Å². The second-order valence-electron chi connectivity index (χ2n) is 4.48. The Hall–Kier alpha value is -0.910. The number of hydrogen-bond donors (Lipinski definition) is 3. The van der Waals surface area contributed by atoms with E-state index in [0.29, 0.717) is 6.54 Å². The van der Waals surface area contributed by atoms with Crippen LogP contribution in [0.25, 0.3) is 0 Å². The molecule has 0 aliphatic heterocycles. The molecule has 1 heterocycles. The van der Waals surface area contributed by atoms with Crippen molar-refractivity contribution >= 4 is 0 Å². The van der Waals surface area contributed by atoms with Crippen LogP contribution in [0.15, 0.2) is 12.4 Å². The maximum absolute atomic E-state index is 9.29. The van der Waals surface area contributed by atoms with Crippen molar-refractivity contribution in [1.82, 2.24) is 15.1 Å². The van der Waals surface area contributed by atoms with Crippen molar-refractivity contribution in [2.45, 2.75) is 37.9 Å². The molecule has 16 heavy (non-hydrogen) atoms. The second-order valence-corrected chi connectivity index (χ2v) is 4.48. The maximum atomic E-state index is 9.29. The minimum atomic E-state index is -0.0565. The summed E-state index contributed by atoms with van der Waals surface area (Å²) in [6, 6.07) is 0. The first-order valence-electron chi connectivity index (χ1n) is 5.76. The van der Waals surface area contributed by atoms with E-state index in [1.165, 1.54) is 6.42 Å². The molecule has 1 aromatic heterocycles. The van der Waals surface area contributed by atoms with Crippen LogP contribution in [0.1, 0.15) is 24.8 Å². The molecule has 0 unspecified atom stereocenters. The zero-order valence-electron chi connectivity index (χ0n) is 9.39. The number of nitrogens with zero attached hydrogens (tertiary/aromatic N) is 2. The molecule has 5 nitrogen and oxygen atoms in total. The van der Waals surface area contributed by atoms with Gasteiger partial charge in [-0.15, -0.1) is 0 Å². The van der Waals surface area contributed by atoms with E-state index in [0.717, 1.165) is 24.9 Å². The summed E-state index contributed by atoms with van der Waals surface area (Å²) in [5, 5.41) is 25.6. The molecule has 1 fully saturated rings. The van der Waals surface area contributed by atoms with Gasteiger partial charge in [-0.3, -0.25) is 4.68 Å². The number of aromatic nitrogens is 2. The highest BCUT2D eigenvalue weighted by atomic mass is 16.3. The number of nitrogens with one attached hydrogen (secondary N) is 1. The van der Waals surface area contributed by atoms with Crippen molar-refractivity contribution in [2.24, 2.45) is 0 Å². The number of rotatable bonds is 6. The largest absolute Gasteiger partial charge is 0.394 e. The topological polar surface area (TPSA) is 70.3 Å². The van der Waals surface area contributed by atoms with Crippen LogP contribution < -0.4 is 5.32 Å². The van der Waals surface area contributed by atoms with Gasteiger partial charge in [0.15, 0.2) is 0 Å². The van der Waals surface area contributed by atoms with E-state index in [1.54, 1.807) is 10.9 Å². The van der Waals surface area contributed by atoms with E-state index < -0.39 is 0 Å². The van der Waals surface area contributed by atoms with Gasteiger partial charge in [0, 0.05) is 23.8 Å². The summed E-state index contributed by atoms with van der Waals surface area (Å²) in [5.41, 5.74) is 1.03. The van der Waals surface area contributed by atoms with E-state index in [9.17, 15) is 5.11 Å². The zero-order valence-corrected chi connectivity index (χ0v) is 9.39. The van der Waals surface area contributed by atoms with Gasteiger partial charge in [-0.05, 0) is 19.3 Å². The van der Waals surface area contributed by atoms with Gasteiger partial charge in [-0.25, -0.2) is 0 Å². The lowest BCUT2D eigenvalue weighted by molar-refractivity contribution is 0.0872. The van der Waals surface area contributed by atoms with Crippen LogP contribution in [-0.2, 0) is 13.1 Å². The molecule has 1 aliphatic rings. The van der Waals surface area contributed by atoms with Crippen molar-refractivity contribution in [1.29, 1.82) is 0 Å². The highest BCUT2D eigenvalue weighted by Crippen LogP contribution is 2.31. The van der Waals surface area contributed by atoms with Crippen molar-refractivity contribution in [2.75, 3.05) is 13.2 Å². The Kier molecular flexibility index (Phi) is 3.58. The fourth-order valence-electron chi connectivity index (χ4n) is 2.01. The molecule has 90 valence electrons. The lowest BCUT2D eigenvalue weighted by Gasteiger charge is -2.41. The van der Waals surface area contributed by atoms with Gasteiger partial charge in [0.05, 0.1) is 26.0 Å². The average molecular weight is 225 g/mol. The predicted octanol–water partition coefficient (Wildman–Crippen LogP) is -0.120. The molecule has 2 rings (SSSR count). The molecule has 0 spiro atoms. The molecule has 0 radical (unpaired) electrons. The highest BCUT2D eigenvalue weighted by Gasteiger charge is 2.35. The standard InChI is InChI=1S/C11H19N3O2/c15-5-4-14-8-10(7-13-14)6-12-11(9-16)2-1-3-11/h7-8,12,15-16H,1-6,9H2. The normalized spacial score (nSPS) is 18.4. The lowest BCUT2D eigenvalue weighted by Crippen LogP contribution is -2.53. The summed E-state index contributed by atoms with van der Waals surface area (Å²) in [7, 11) is 0. The highest BCUT2D eigenvalue weighted by molar-refractivity contribution is 5.06. The minimum absolute atomic E-state index is 0.0565. The van der Waals surface area contributed by atoms with Gasteiger partial charge >= 0.3 is 0 Å². The molecular weight excluding hydrogens is 206 g/mol. The molecule has 5 heteroatoms. The Bertz CT molecular complexity index is 328. The number of aliphatic hydroxyl groups excluding tert-OH is 2. The Morgan fingerprint density at radius 3 is 2.81 bits per heavy atom. The summed E-state index contributed by atoms with van der Waals surface area (Å²) in [6.45, 7) is 1.57. The molecule has 1 saturated carbocycles. The summed E-state index contributed by atoms with van der Waals surface area (Å²) in [5.74, 6) is 0. The van der Waals surface area contributed by atoms with Gasteiger partial charge in [-0.2, -0.15) is 5.10 Å². The van der Waals surface area contributed by atoms with E-state index in [-0.39, 0.29) is 18.8 Å². The lowest BCUT2D eigenvalue weighted by atomic mass is 9.77. The molecule has 1 aliphatic carbocycles. The van der Waals surface area contributed by atoms with Crippen LogP contribution in [0.4, 0.5) is 0 Å². The van der Waals surface area contributed by atoms with Crippen molar-refractivity contribution in [3.05, 3.63) is 18.0 Å². The smallest absolute Gasteiger partial charge is 0.0640 e. The first-order chi connectivity index (χ1) is 7.78. The van der Waals surface area contributed by atoms with Gasteiger partial charge in [0.25, 0.3) is 0 Å². The van der Waals surface area contributed by atoms with Crippen LogP contribution >= 0.6 is 0 Å². The average Bonchev–Trinajstić information content (AvgIpc) is 2.66. The van der Waals surface area contributed by atoms with E-state index >= 15 is 0 Å². The van der Waals surface area contributed by atoms with Crippen molar-refractivity contribution < 1.29 is 10.2 Å². The third-order valence-corrected chi connectivity index (χ3v) is 3.30. The summed E-state index contributed by atoms with van der Waals surface area (Å²) in [6.07, 6.45) is 7.01. The van der Waals surface area contributed by atoms with Crippen LogP contribution in [0.3, 0.4) is 0 Å². The van der Waals surface area contributed by atoms with E-state index in [1.807, 2.05) is 6.20 Å². The summed E-state index contributed by atoms with van der Waals surface area (Å²) < 4.78 is 1.73. The fraction of sp³-hybridized carbons (Fsp3) is 0.727. The Morgan fingerprint density at radius 1 is 1.44 bits per heavy atom. The van der Waals surface area contributed by atoms with Gasteiger partial charge < -0.3 is 15.5 Å². The van der Waals surface area contributed by atoms with Crippen LogP contribution in [0.5, 0.6) is 0 Å². The summed E-state index contributed by atoms with van der Waals surface area (Å²) in [4.78, 5) is 0. The van der Waals surface area contributed by atoms with E-state index in [4.69, 9.17) is 5.11 Å². The maximum Gasteiger partial charge on any atom is 0.0640 e. The molecule has 0 bridgehead atoms. The first-order valence-corrected chi connectivity index (χ1v) is 5.76. The van der Waals surface area contributed by atoms with Crippen LogP contribution in [-0.4, -0.2) is 38.7 Å². The van der Waals surface area contributed by atoms with Crippen LogP contribution in [0, 0.1) is 0 Å². The predicted molar refractivity (Wildman–Crippen MR) is 59.8 cm³/mol. The minimum Gasteiger partial charge on any atom is -0.394 e. The SMILES string of the molecule is OCCn1cc(CNC2(CO)CCC2)cn1. The van der Waals surface area contributed by atoms with Gasteiger partial charge in [0.2, 0.25) is 0 Å². The second kappa shape index (κ2) is 4.95. The van der Waals surface area contributed by atoms with Gasteiger partial charge in [0.1, 0.15) is 0 Å². The Balaban J connectivity index is 1.84. The molecule has 0 amide bonds. The van der Waals surface area contributed by atoms with Crippen molar-refractivity contribution in [3.63, 3.8) is 0 Å². The van der Waals surface area contributed by atoms with E-state index in [2.05, 4.69) is 10.4 Å². The first kappa shape index (κ1) is 11.6. The van der Waals surface area contributed by atoms with Crippen LogP contribution in [0.2, 0.25) is 0 Å². The fourth-order valence-corrected chi connectivity index (χ4v) is 2.01. The third kappa shape index (κ3) is 2.42. The quantitative estimate of drug-likeness (QED) is 0.631. The molecular formula is C11H19N3O2. The molecule has 3 N–H and O–H groups in total. The third-order valence-electron chi connectivity index (χ3n) is 3.30. The van der Waals surface area contributed by atoms with Gasteiger partial charge in [-0.1, -0.05) is 0 Å². The molecule has 0 atom stereocenters. The monoisotopic (exact) mass is 225 g/mol.